The van der Waals surface area contributed by atoms with Crippen molar-refractivity contribution in [1.82, 2.24) is 5.32 Å². The molecule has 126 valence electrons. The van der Waals surface area contributed by atoms with E-state index in [2.05, 4.69) is 22.0 Å². The largest absolute Gasteiger partial charge is 0.376 e. The average Bonchev–Trinajstić information content (AvgIpc) is 2.52. The van der Waals surface area contributed by atoms with E-state index in [1.54, 1.807) is 24.3 Å². The van der Waals surface area contributed by atoms with E-state index < -0.39 is 0 Å². The first-order chi connectivity index (χ1) is 11.5. The standard InChI is InChI=1S/C19H23N3O2/c1-4-20-19(24)15-6-5-7-16(11-15)22-18(23)12-21-17-9-13(2)8-14(3)10-17/h5-11,21H,4,12H2,1-3H3,(H,20,24)(H,22,23). The molecule has 2 amide bonds. The SMILES string of the molecule is CCNC(=O)c1cccc(NC(=O)CNc2cc(C)cc(C)c2)c1. The van der Waals surface area contributed by atoms with Crippen molar-refractivity contribution in [2.75, 3.05) is 23.7 Å². The van der Waals surface area contributed by atoms with Gasteiger partial charge in [0.15, 0.2) is 0 Å². The van der Waals surface area contributed by atoms with Gasteiger partial charge in [0.25, 0.3) is 5.91 Å². The summed E-state index contributed by atoms with van der Waals surface area (Å²) in [5.74, 6) is -0.316. The third-order valence-corrected chi connectivity index (χ3v) is 3.42. The zero-order valence-electron chi connectivity index (χ0n) is 14.3. The summed E-state index contributed by atoms with van der Waals surface area (Å²) in [4.78, 5) is 23.9. The van der Waals surface area contributed by atoms with E-state index in [9.17, 15) is 9.59 Å². The molecule has 0 aromatic heterocycles. The van der Waals surface area contributed by atoms with Crippen molar-refractivity contribution in [1.29, 1.82) is 0 Å². The third kappa shape index (κ3) is 5.12. The Hall–Kier alpha value is -2.82. The molecule has 2 aromatic carbocycles. The minimum Gasteiger partial charge on any atom is -0.376 e. The van der Waals surface area contributed by atoms with Gasteiger partial charge in [-0.1, -0.05) is 12.1 Å². The number of hydrogen-bond acceptors (Lipinski definition) is 3. The summed E-state index contributed by atoms with van der Waals surface area (Å²) in [5, 5.41) is 8.65. The quantitative estimate of drug-likeness (QED) is 0.764. The van der Waals surface area contributed by atoms with Gasteiger partial charge in [-0.2, -0.15) is 0 Å². The van der Waals surface area contributed by atoms with Gasteiger partial charge in [0, 0.05) is 23.5 Å². The Kier molecular flexibility index (Phi) is 5.95. The predicted molar refractivity (Wildman–Crippen MR) is 97.5 cm³/mol. The van der Waals surface area contributed by atoms with E-state index in [0.29, 0.717) is 17.8 Å². The van der Waals surface area contributed by atoms with Crippen molar-refractivity contribution in [2.24, 2.45) is 0 Å². The molecular formula is C19H23N3O2. The van der Waals surface area contributed by atoms with Crippen molar-refractivity contribution < 1.29 is 9.59 Å². The van der Waals surface area contributed by atoms with Gasteiger partial charge >= 0.3 is 0 Å². The zero-order valence-corrected chi connectivity index (χ0v) is 14.3. The van der Waals surface area contributed by atoms with Gasteiger partial charge < -0.3 is 16.0 Å². The lowest BCUT2D eigenvalue weighted by Gasteiger charge is -2.10. The molecule has 5 nitrogen and oxygen atoms in total. The number of carbonyl (C=O) groups excluding carboxylic acids is 2. The maximum atomic E-state index is 12.1. The van der Waals surface area contributed by atoms with E-state index in [4.69, 9.17) is 0 Å². The molecule has 24 heavy (non-hydrogen) atoms. The minimum atomic E-state index is -0.165. The molecule has 0 aliphatic carbocycles. The van der Waals surface area contributed by atoms with Crippen LogP contribution in [0.25, 0.3) is 0 Å². The van der Waals surface area contributed by atoms with Gasteiger partial charge in [-0.15, -0.1) is 0 Å². The minimum absolute atomic E-state index is 0.151. The summed E-state index contributed by atoms with van der Waals surface area (Å²) in [6.07, 6.45) is 0. The number of carbonyl (C=O) groups is 2. The fraction of sp³-hybridized carbons (Fsp3) is 0.263. The van der Waals surface area contributed by atoms with Crippen molar-refractivity contribution >= 4 is 23.2 Å². The topological polar surface area (TPSA) is 70.2 Å². The van der Waals surface area contributed by atoms with Crippen LogP contribution in [0.15, 0.2) is 42.5 Å². The summed E-state index contributed by atoms with van der Waals surface area (Å²) in [6.45, 7) is 6.63. The second kappa shape index (κ2) is 8.15. The maximum absolute atomic E-state index is 12.1. The van der Waals surface area contributed by atoms with Crippen LogP contribution in [0, 0.1) is 13.8 Å². The van der Waals surface area contributed by atoms with Crippen LogP contribution in [-0.2, 0) is 4.79 Å². The Morgan fingerprint density at radius 1 is 0.958 bits per heavy atom. The second-order valence-corrected chi connectivity index (χ2v) is 5.72. The molecule has 0 fully saturated rings. The molecule has 2 aromatic rings. The highest BCUT2D eigenvalue weighted by atomic mass is 16.2. The Morgan fingerprint density at radius 2 is 1.67 bits per heavy atom. The van der Waals surface area contributed by atoms with E-state index >= 15 is 0 Å². The van der Waals surface area contributed by atoms with Crippen molar-refractivity contribution in [3.8, 4) is 0 Å². The van der Waals surface area contributed by atoms with Crippen LogP contribution >= 0.6 is 0 Å². The van der Waals surface area contributed by atoms with Crippen molar-refractivity contribution in [2.45, 2.75) is 20.8 Å². The smallest absolute Gasteiger partial charge is 0.251 e. The highest BCUT2D eigenvalue weighted by Crippen LogP contribution is 2.14. The first kappa shape index (κ1) is 17.5. The Bertz CT molecular complexity index is 721. The van der Waals surface area contributed by atoms with Gasteiger partial charge in [0.1, 0.15) is 0 Å². The number of benzene rings is 2. The molecular weight excluding hydrogens is 302 g/mol. The number of rotatable bonds is 6. The van der Waals surface area contributed by atoms with Crippen LogP contribution < -0.4 is 16.0 Å². The van der Waals surface area contributed by atoms with Crippen molar-refractivity contribution in [3.63, 3.8) is 0 Å². The van der Waals surface area contributed by atoms with Crippen molar-refractivity contribution in [3.05, 3.63) is 59.2 Å². The Labute approximate surface area is 142 Å². The van der Waals surface area contributed by atoms with Gasteiger partial charge in [-0.05, 0) is 62.2 Å². The van der Waals surface area contributed by atoms with Gasteiger partial charge in [-0.3, -0.25) is 9.59 Å². The number of nitrogens with one attached hydrogen (secondary N) is 3. The molecule has 0 saturated carbocycles. The molecule has 0 spiro atoms. The summed E-state index contributed by atoms with van der Waals surface area (Å²) < 4.78 is 0. The van der Waals surface area contributed by atoms with Crippen LogP contribution in [0.2, 0.25) is 0 Å². The normalized spacial score (nSPS) is 10.1. The van der Waals surface area contributed by atoms with Gasteiger partial charge in [0.2, 0.25) is 5.91 Å². The molecule has 0 heterocycles. The molecule has 0 atom stereocenters. The fourth-order valence-corrected chi connectivity index (χ4v) is 2.47. The van der Waals surface area contributed by atoms with Crippen LogP contribution in [0.3, 0.4) is 0 Å². The Morgan fingerprint density at radius 3 is 2.33 bits per heavy atom. The molecule has 0 aliphatic rings. The predicted octanol–water partition coefficient (Wildman–Crippen LogP) is 3.10. The summed E-state index contributed by atoms with van der Waals surface area (Å²) in [6, 6.07) is 13.0. The monoisotopic (exact) mass is 325 g/mol. The van der Waals surface area contributed by atoms with E-state index in [1.807, 2.05) is 32.9 Å². The molecule has 0 saturated heterocycles. The van der Waals surface area contributed by atoms with E-state index in [-0.39, 0.29) is 18.4 Å². The molecule has 0 unspecified atom stereocenters. The number of aryl methyl sites for hydroxylation is 2. The number of anilines is 2. The first-order valence-corrected chi connectivity index (χ1v) is 7.98. The fourth-order valence-electron chi connectivity index (χ4n) is 2.47. The van der Waals surface area contributed by atoms with Gasteiger partial charge in [0.05, 0.1) is 6.54 Å². The van der Waals surface area contributed by atoms with E-state index in [1.165, 1.54) is 0 Å². The third-order valence-electron chi connectivity index (χ3n) is 3.42. The molecule has 3 N–H and O–H groups in total. The molecule has 2 rings (SSSR count). The van der Waals surface area contributed by atoms with Crippen LogP contribution in [-0.4, -0.2) is 24.9 Å². The van der Waals surface area contributed by atoms with Crippen LogP contribution in [0.4, 0.5) is 11.4 Å². The number of amides is 2. The summed E-state index contributed by atoms with van der Waals surface area (Å²) in [5.41, 5.74) is 4.33. The molecule has 0 radical (unpaired) electrons. The Balaban J connectivity index is 1.94. The lowest BCUT2D eigenvalue weighted by molar-refractivity contribution is -0.114. The van der Waals surface area contributed by atoms with E-state index in [0.717, 1.165) is 16.8 Å². The zero-order chi connectivity index (χ0) is 17.5. The first-order valence-electron chi connectivity index (χ1n) is 7.98. The number of hydrogen-bond donors (Lipinski definition) is 3. The van der Waals surface area contributed by atoms with Crippen LogP contribution in [0.1, 0.15) is 28.4 Å². The molecule has 0 bridgehead atoms. The lowest BCUT2D eigenvalue weighted by Crippen LogP contribution is -2.24. The average molecular weight is 325 g/mol. The highest BCUT2D eigenvalue weighted by Gasteiger charge is 2.07. The highest BCUT2D eigenvalue weighted by molar-refractivity contribution is 5.98. The maximum Gasteiger partial charge on any atom is 0.251 e. The second-order valence-electron chi connectivity index (χ2n) is 5.72. The lowest BCUT2D eigenvalue weighted by atomic mass is 10.1. The summed E-state index contributed by atoms with van der Waals surface area (Å²) in [7, 11) is 0. The molecule has 0 aliphatic heterocycles. The summed E-state index contributed by atoms with van der Waals surface area (Å²) >= 11 is 0. The van der Waals surface area contributed by atoms with Crippen LogP contribution in [0.5, 0.6) is 0 Å². The van der Waals surface area contributed by atoms with Gasteiger partial charge in [-0.25, -0.2) is 0 Å². The molecule has 5 heteroatoms.